The van der Waals surface area contributed by atoms with E-state index in [1.54, 1.807) is 0 Å². The molecule has 0 radical (unpaired) electrons. The second-order valence-electron chi connectivity index (χ2n) is 7.60. The molecule has 1 aromatic carbocycles. The smallest absolute Gasteiger partial charge is 0.129 e. The summed E-state index contributed by atoms with van der Waals surface area (Å²) in [5, 5.41) is 10.8. The molecule has 2 unspecified atom stereocenters. The maximum atomic E-state index is 13.8. The molecule has 1 N–H and O–H groups in total. The molecule has 1 fully saturated rings. The van der Waals surface area contributed by atoms with Crippen molar-refractivity contribution in [2.24, 2.45) is 11.3 Å². The summed E-state index contributed by atoms with van der Waals surface area (Å²) in [7, 11) is 0. The van der Waals surface area contributed by atoms with Gasteiger partial charge in [0.1, 0.15) is 11.6 Å². The molecule has 1 aliphatic rings. The molecule has 21 heavy (non-hydrogen) atoms. The minimum atomic E-state index is -0.983. The van der Waals surface area contributed by atoms with Crippen molar-refractivity contribution in [3.8, 4) is 0 Å². The van der Waals surface area contributed by atoms with Gasteiger partial charge < -0.3 is 5.11 Å². The highest BCUT2D eigenvalue weighted by Crippen LogP contribution is 2.41. The highest BCUT2D eigenvalue weighted by atomic mass is 19.1. The van der Waals surface area contributed by atoms with E-state index >= 15 is 0 Å². The van der Waals surface area contributed by atoms with Gasteiger partial charge in [-0.05, 0) is 49.1 Å². The van der Waals surface area contributed by atoms with Gasteiger partial charge >= 0.3 is 0 Å². The second kappa shape index (κ2) is 6.04. The van der Waals surface area contributed by atoms with Crippen LogP contribution in [0.2, 0.25) is 0 Å². The first kappa shape index (κ1) is 16.4. The topological polar surface area (TPSA) is 20.2 Å². The summed E-state index contributed by atoms with van der Waals surface area (Å²) in [5.41, 5.74) is -0.744. The van der Waals surface area contributed by atoms with Crippen molar-refractivity contribution in [3.63, 3.8) is 0 Å². The predicted molar refractivity (Wildman–Crippen MR) is 81.0 cm³/mol. The zero-order valence-electron chi connectivity index (χ0n) is 13.3. The van der Waals surface area contributed by atoms with Crippen LogP contribution in [-0.2, 0) is 6.42 Å². The third-order valence-electron chi connectivity index (χ3n) is 4.95. The molecular formula is C18H26F2O. The van der Waals surface area contributed by atoms with Crippen molar-refractivity contribution >= 4 is 0 Å². The largest absolute Gasteiger partial charge is 0.390 e. The van der Waals surface area contributed by atoms with Crippen molar-refractivity contribution in [2.45, 2.75) is 64.9 Å². The second-order valence-corrected chi connectivity index (χ2v) is 7.60. The van der Waals surface area contributed by atoms with E-state index in [0.29, 0.717) is 18.8 Å². The molecule has 118 valence electrons. The maximum Gasteiger partial charge on any atom is 0.129 e. The molecule has 0 aliphatic heterocycles. The highest BCUT2D eigenvalue weighted by molar-refractivity contribution is 5.21. The molecule has 0 spiro atoms. The Kier molecular flexibility index (Phi) is 4.72. The third kappa shape index (κ3) is 4.03. The van der Waals surface area contributed by atoms with E-state index in [1.165, 1.54) is 18.2 Å². The van der Waals surface area contributed by atoms with Gasteiger partial charge in [0.15, 0.2) is 0 Å². The average Bonchev–Trinajstić information content (AvgIpc) is 2.56. The Hall–Kier alpha value is -0.960. The van der Waals surface area contributed by atoms with Crippen LogP contribution in [0.3, 0.4) is 0 Å². The van der Waals surface area contributed by atoms with Crippen molar-refractivity contribution in [3.05, 3.63) is 35.4 Å². The van der Waals surface area contributed by atoms with E-state index in [2.05, 4.69) is 20.8 Å². The molecule has 1 saturated carbocycles. The molecule has 1 aliphatic carbocycles. The third-order valence-corrected chi connectivity index (χ3v) is 4.95. The highest BCUT2D eigenvalue weighted by Gasteiger charge is 2.35. The molecular weight excluding hydrogens is 270 g/mol. The number of rotatable bonds is 2. The van der Waals surface area contributed by atoms with Crippen LogP contribution < -0.4 is 0 Å². The monoisotopic (exact) mass is 296 g/mol. The molecule has 1 nitrogen and oxygen atoms in total. The van der Waals surface area contributed by atoms with E-state index < -0.39 is 17.2 Å². The van der Waals surface area contributed by atoms with Crippen LogP contribution in [0.5, 0.6) is 0 Å². The molecule has 0 amide bonds. The molecule has 1 aromatic rings. The van der Waals surface area contributed by atoms with Gasteiger partial charge in [-0.2, -0.15) is 0 Å². The summed E-state index contributed by atoms with van der Waals surface area (Å²) in [4.78, 5) is 0. The number of halogens is 2. The van der Waals surface area contributed by atoms with Crippen LogP contribution in [-0.4, -0.2) is 10.7 Å². The SMILES string of the molecule is CC(C)(C)C1CCCC(O)(Cc2c(F)cccc2F)CC1. The van der Waals surface area contributed by atoms with Gasteiger partial charge in [0.2, 0.25) is 0 Å². The lowest BCUT2D eigenvalue weighted by atomic mass is 9.76. The molecule has 0 saturated heterocycles. The van der Waals surface area contributed by atoms with Gasteiger partial charge in [0, 0.05) is 12.0 Å². The molecule has 0 aromatic heterocycles. The van der Waals surface area contributed by atoms with Crippen LogP contribution in [0.4, 0.5) is 8.78 Å². The first-order chi connectivity index (χ1) is 9.71. The normalized spacial score (nSPS) is 27.4. The molecule has 3 heteroatoms. The van der Waals surface area contributed by atoms with E-state index in [1.807, 2.05) is 0 Å². The van der Waals surface area contributed by atoms with E-state index in [9.17, 15) is 13.9 Å². The fourth-order valence-electron chi connectivity index (χ4n) is 3.46. The Bertz CT molecular complexity index is 472. The van der Waals surface area contributed by atoms with Crippen LogP contribution in [0.1, 0.15) is 58.4 Å². The first-order valence-corrected chi connectivity index (χ1v) is 7.86. The molecule has 2 atom stereocenters. The van der Waals surface area contributed by atoms with Gasteiger partial charge in [-0.25, -0.2) is 8.78 Å². The first-order valence-electron chi connectivity index (χ1n) is 7.86. The maximum absolute atomic E-state index is 13.8. The lowest BCUT2D eigenvalue weighted by molar-refractivity contribution is 0.0209. The van der Waals surface area contributed by atoms with Gasteiger partial charge in [0.05, 0.1) is 5.60 Å². The molecule has 0 bridgehead atoms. The van der Waals surface area contributed by atoms with E-state index in [0.717, 1.165) is 19.3 Å². The van der Waals surface area contributed by atoms with Crippen LogP contribution in [0.15, 0.2) is 18.2 Å². The lowest BCUT2D eigenvalue weighted by Gasteiger charge is -2.31. The van der Waals surface area contributed by atoms with Gasteiger partial charge in [0.25, 0.3) is 0 Å². The van der Waals surface area contributed by atoms with E-state index in [-0.39, 0.29) is 17.4 Å². The minimum absolute atomic E-state index is 0.0224. The Balaban J connectivity index is 2.13. The van der Waals surface area contributed by atoms with Crippen molar-refractivity contribution in [2.75, 3.05) is 0 Å². The summed E-state index contributed by atoms with van der Waals surface area (Å²) in [6, 6.07) is 3.88. The zero-order valence-corrected chi connectivity index (χ0v) is 13.3. The van der Waals surface area contributed by atoms with Crippen LogP contribution >= 0.6 is 0 Å². The predicted octanol–water partition coefficient (Wildman–Crippen LogP) is 4.86. The quantitative estimate of drug-likeness (QED) is 0.772. The zero-order chi connectivity index (χ0) is 15.7. The number of benzene rings is 1. The fourth-order valence-corrected chi connectivity index (χ4v) is 3.46. The van der Waals surface area contributed by atoms with Gasteiger partial charge in [-0.3, -0.25) is 0 Å². The Morgan fingerprint density at radius 2 is 1.76 bits per heavy atom. The number of hydrogen-bond acceptors (Lipinski definition) is 1. The van der Waals surface area contributed by atoms with E-state index in [4.69, 9.17) is 0 Å². The number of aliphatic hydroxyl groups is 1. The summed E-state index contributed by atoms with van der Waals surface area (Å²) in [6.45, 7) is 6.66. The summed E-state index contributed by atoms with van der Waals surface area (Å²) >= 11 is 0. The van der Waals surface area contributed by atoms with Crippen LogP contribution in [0.25, 0.3) is 0 Å². The Morgan fingerprint density at radius 1 is 1.14 bits per heavy atom. The van der Waals surface area contributed by atoms with Crippen LogP contribution in [0, 0.1) is 23.0 Å². The van der Waals surface area contributed by atoms with Crippen molar-refractivity contribution in [1.29, 1.82) is 0 Å². The van der Waals surface area contributed by atoms with Gasteiger partial charge in [-0.15, -0.1) is 0 Å². The molecule has 0 heterocycles. The van der Waals surface area contributed by atoms with Gasteiger partial charge in [-0.1, -0.05) is 33.3 Å². The summed E-state index contributed by atoms with van der Waals surface area (Å²) in [5.74, 6) is -0.558. The standard InChI is InChI=1S/C18H26F2O/c1-17(2,3)13-6-5-10-18(21,11-9-13)12-14-15(19)7-4-8-16(14)20/h4,7-8,13,21H,5-6,9-12H2,1-3H3. The Labute approximate surface area is 126 Å². The minimum Gasteiger partial charge on any atom is -0.390 e. The van der Waals surface area contributed by atoms with Crippen molar-refractivity contribution in [1.82, 2.24) is 0 Å². The summed E-state index contributed by atoms with van der Waals surface area (Å²) in [6.07, 6.45) is 4.20. The number of hydrogen-bond donors (Lipinski definition) is 1. The molecule has 2 rings (SSSR count). The van der Waals surface area contributed by atoms with Crippen molar-refractivity contribution < 1.29 is 13.9 Å². The summed E-state index contributed by atoms with van der Waals surface area (Å²) < 4.78 is 27.6. The fraction of sp³-hybridized carbons (Fsp3) is 0.667. The Morgan fingerprint density at radius 3 is 2.33 bits per heavy atom. The lowest BCUT2D eigenvalue weighted by Crippen LogP contribution is -2.32. The average molecular weight is 296 g/mol.